The van der Waals surface area contributed by atoms with E-state index in [2.05, 4.69) is 9.44 Å². The zero-order valence-electron chi connectivity index (χ0n) is 13.7. The first-order valence-corrected chi connectivity index (χ1v) is 9.84. The summed E-state index contributed by atoms with van der Waals surface area (Å²) in [6.45, 7) is -0.643. The lowest BCUT2D eigenvalue weighted by molar-refractivity contribution is -0.205. The zero-order valence-corrected chi connectivity index (χ0v) is 15.3. The molecule has 1 heterocycles. The number of benzene rings is 1. The average molecular weight is 425 g/mol. The smallest absolute Gasteiger partial charge is 0.466 e. The van der Waals surface area contributed by atoms with Gasteiger partial charge in [-0.3, -0.25) is 4.55 Å². The SMILES string of the molecule is O=S(=O)(O)O/N=C(/Cc1ccccc1O)S[C@H]1O[C@@H](CO)[C@H](O)[C@@H](O)[C@H]1O. The molecule has 152 valence electrons. The van der Waals surface area contributed by atoms with Crippen LogP contribution >= 0.6 is 11.8 Å². The average Bonchev–Trinajstić information content (AvgIpc) is 2.61. The van der Waals surface area contributed by atoms with Crippen LogP contribution in [0.5, 0.6) is 5.75 Å². The van der Waals surface area contributed by atoms with Crippen molar-refractivity contribution in [3.05, 3.63) is 29.8 Å². The molecular weight excluding hydrogens is 406 g/mol. The van der Waals surface area contributed by atoms with E-state index < -0.39 is 46.9 Å². The highest BCUT2D eigenvalue weighted by molar-refractivity contribution is 8.14. The molecule has 0 unspecified atom stereocenters. The Morgan fingerprint density at radius 1 is 1.19 bits per heavy atom. The van der Waals surface area contributed by atoms with Crippen molar-refractivity contribution in [2.45, 2.75) is 36.3 Å². The van der Waals surface area contributed by atoms with Gasteiger partial charge in [-0.2, -0.15) is 8.42 Å². The van der Waals surface area contributed by atoms with Crippen molar-refractivity contribution in [3.63, 3.8) is 0 Å². The number of rotatable bonds is 6. The van der Waals surface area contributed by atoms with E-state index in [4.69, 9.17) is 9.29 Å². The van der Waals surface area contributed by atoms with Gasteiger partial charge in [-0.15, -0.1) is 0 Å². The Kier molecular flexibility index (Phi) is 7.41. The Morgan fingerprint density at radius 2 is 1.85 bits per heavy atom. The lowest BCUT2D eigenvalue weighted by Crippen LogP contribution is -2.57. The molecule has 0 amide bonds. The van der Waals surface area contributed by atoms with Crippen LogP contribution in [0.15, 0.2) is 29.4 Å². The number of aromatic hydroxyl groups is 1. The first-order valence-electron chi connectivity index (χ1n) is 7.59. The van der Waals surface area contributed by atoms with Gasteiger partial charge in [0, 0.05) is 12.0 Å². The van der Waals surface area contributed by atoms with Gasteiger partial charge in [0.1, 0.15) is 40.6 Å². The van der Waals surface area contributed by atoms with Crippen molar-refractivity contribution in [2.24, 2.45) is 5.16 Å². The number of phenols is 1. The molecule has 0 radical (unpaired) electrons. The number of aliphatic hydroxyl groups is 4. The van der Waals surface area contributed by atoms with Crippen LogP contribution in [0, 0.1) is 0 Å². The molecule has 1 saturated heterocycles. The van der Waals surface area contributed by atoms with Crippen LogP contribution in [0.25, 0.3) is 0 Å². The Morgan fingerprint density at radius 3 is 2.44 bits per heavy atom. The van der Waals surface area contributed by atoms with Gasteiger partial charge in [0.2, 0.25) is 0 Å². The summed E-state index contributed by atoms with van der Waals surface area (Å²) < 4.78 is 39.6. The summed E-state index contributed by atoms with van der Waals surface area (Å²) in [5.74, 6) is -0.119. The Bertz CT molecular complexity index is 769. The minimum Gasteiger partial charge on any atom is -0.508 e. The van der Waals surface area contributed by atoms with E-state index in [1.807, 2.05) is 0 Å². The third-order valence-electron chi connectivity index (χ3n) is 3.67. The van der Waals surface area contributed by atoms with E-state index >= 15 is 0 Å². The topological polar surface area (TPSA) is 186 Å². The monoisotopic (exact) mass is 425 g/mol. The van der Waals surface area contributed by atoms with Crippen LogP contribution in [-0.4, -0.2) is 80.0 Å². The van der Waals surface area contributed by atoms with E-state index in [9.17, 15) is 34.0 Å². The van der Waals surface area contributed by atoms with Crippen LogP contribution in [0.1, 0.15) is 5.56 Å². The van der Waals surface area contributed by atoms with Gasteiger partial charge in [0.15, 0.2) is 0 Å². The maximum Gasteiger partial charge on any atom is 0.466 e. The number of nitrogens with zero attached hydrogens (tertiary/aromatic N) is 1. The highest BCUT2D eigenvalue weighted by Crippen LogP contribution is 2.31. The van der Waals surface area contributed by atoms with Crippen molar-refractivity contribution in [1.82, 2.24) is 0 Å². The molecule has 1 aromatic carbocycles. The van der Waals surface area contributed by atoms with Crippen molar-refractivity contribution < 1.29 is 47.5 Å². The molecule has 0 aliphatic carbocycles. The van der Waals surface area contributed by atoms with Gasteiger partial charge >= 0.3 is 10.4 Å². The number of hydrogen-bond acceptors (Lipinski definition) is 11. The summed E-state index contributed by atoms with van der Waals surface area (Å²) in [7, 11) is -4.91. The summed E-state index contributed by atoms with van der Waals surface area (Å²) in [5.41, 5.74) is -0.928. The first kappa shape index (κ1) is 21.8. The molecular formula is C14H19NO10S2. The molecule has 0 bridgehead atoms. The fraction of sp³-hybridized carbons (Fsp3) is 0.500. The number of phenolic OH excluding ortho intramolecular Hbond substituents is 1. The minimum absolute atomic E-state index is 0.119. The zero-order chi connectivity index (χ0) is 20.2. The van der Waals surface area contributed by atoms with Gasteiger partial charge in [0.25, 0.3) is 0 Å². The second-order valence-corrected chi connectivity index (χ2v) is 7.78. The minimum atomic E-state index is -4.91. The molecule has 1 aliphatic heterocycles. The predicted octanol–water partition coefficient (Wildman–Crippen LogP) is -1.40. The second-order valence-electron chi connectivity index (χ2n) is 5.61. The summed E-state index contributed by atoms with van der Waals surface area (Å²) >= 11 is 0.627. The number of ether oxygens (including phenoxy) is 1. The summed E-state index contributed by atoms with van der Waals surface area (Å²) in [5, 5.41) is 51.9. The second kappa shape index (κ2) is 9.16. The van der Waals surface area contributed by atoms with Crippen molar-refractivity contribution in [2.75, 3.05) is 6.61 Å². The van der Waals surface area contributed by atoms with E-state index in [1.54, 1.807) is 12.1 Å². The number of hydrogen-bond donors (Lipinski definition) is 6. The van der Waals surface area contributed by atoms with E-state index in [0.29, 0.717) is 17.3 Å². The lowest BCUT2D eigenvalue weighted by atomic mass is 10.0. The van der Waals surface area contributed by atoms with E-state index in [1.165, 1.54) is 12.1 Å². The third kappa shape index (κ3) is 6.02. The van der Waals surface area contributed by atoms with Crippen LogP contribution in [0.2, 0.25) is 0 Å². The maximum absolute atomic E-state index is 10.8. The molecule has 1 aliphatic rings. The highest BCUT2D eigenvalue weighted by atomic mass is 32.3. The fourth-order valence-electron chi connectivity index (χ4n) is 2.31. The van der Waals surface area contributed by atoms with Gasteiger partial charge < -0.3 is 30.3 Å². The van der Waals surface area contributed by atoms with Crippen molar-refractivity contribution >= 4 is 27.2 Å². The predicted molar refractivity (Wildman–Crippen MR) is 93.2 cm³/mol. The summed E-state index contributed by atoms with van der Waals surface area (Å²) in [6, 6.07) is 6.07. The Balaban J connectivity index is 2.24. The molecule has 5 atom stereocenters. The lowest BCUT2D eigenvalue weighted by Gasteiger charge is -2.39. The number of para-hydroxylation sites is 1. The van der Waals surface area contributed by atoms with E-state index in [0.717, 1.165) is 0 Å². The molecule has 6 N–H and O–H groups in total. The van der Waals surface area contributed by atoms with Crippen LogP contribution in [0.3, 0.4) is 0 Å². The quantitative estimate of drug-likeness (QED) is 0.136. The van der Waals surface area contributed by atoms with Crippen molar-refractivity contribution in [3.8, 4) is 5.75 Å². The molecule has 0 spiro atoms. The largest absolute Gasteiger partial charge is 0.508 e. The molecule has 0 aromatic heterocycles. The third-order valence-corrected chi connectivity index (χ3v) is 5.04. The maximum atomic E-state index is 10.8. The first-order chi connectivity index (χ1) is 12.6. The van der Waals surface area contributed by atoms with Crippen LogP contribution in [-0.2, 0) is 25.8 Å². The Labute approximate surface area is 158 Å². The fourth-order valence-corrected chi connectivity index (χ4v) is 3.62. The summed E-state index contributed by atoms with van der Waals surface area (Å²) in [4.78, 5) is 0. The molecule has 0 saturated carbocycles. The Hall–Kier alpha value is -1.45. The number of aliphatic hydroxyl groups excluding tert-OH is 4. The van der Waals surface area contributed by atoms with Crippen molar-refractivity contribution in [1.29, 1.82) is 0 Å². The highest BCUT2D eigenvalue weighted by Gasteiger charge is 2.44. The number of oxime groups is 1. The molecule has 2 rings (SSSR count). The number of thioether (sulfide) groups is 1. The molecule has 27 heavy (non-hydrogen) atoms. The van der Waals surface area contributed by atoms with Crippen LogP contribution < -0.4 is 0 Å². The summed E-state index contributed by atoms with van der Waals surface area (Å²) in [6.07, 6.45) is -6.14. The van der Waals surface area contributed by atoms with Gasteiger partial charge in [-0.05, 0) is 6.07 Å². The van der Waals surface area contributed by atoms with Gasteiger partial charge in [0.05, 0.1) is 6.61 Å². The molecule has 13 heteroatoms. The molecule has 11 nitrogen and oxygen atoms in total. The normalized spacial score (nSPS) is 29.5. The van der Waals surface area contributed by atoms with Gasteiger partial charge in [-0.25, -0.2) is 4.28 Å². The van der Waals surface area contributed by atoms with Crippen LogP contribution in [0.4, 0.5) is 0 Å². The standard InChI is InChI=1S/C14H19NO10S2/c16-6-9-11(18)12(19)13(20)14(24-9)26-10(15-25-27(21,22)23)5-7-3-1-2-4-8(7)17/h1-4,9,11-14,16-20H,5-6H2,(H,21,22,23)/b15-10-/t9-,11-,12+,13+,14+/m0/s1. The van der Waals surface area contributed by atoms with E-state index in [-0.39, 0.29) is 17.2 Å². The van der Waals surface area contributed by atoms with Gasteiger partial charge in [-0.1, -0.05) is 35.1 Å². The molecule has 1 aromatic rings. The molecule has 1 fully saturated rings.